The van der Waals surface area contributed by atoms with Crippen LogP contribution in [0.25, 0.3) is 34.4 Å². The summed E-state index contributed by atoms with van der Waals surface area (Å²) in [5.74, 6) is -0.734. The van der Waals surface area contributed by atoms with E-state index in [9.17, 15) is 13.6 Å². The maximum Gasteiger partial charge on any atom is 0.340 e. The van der Waals surface area contributed by atoms with Gasteiger partial charge in [-0.3, -0.25) is 10.1 Å². The van der Waals surface area contributed by atoms with Gasteiger partial charge in [-0.1, -0.05) is 18.2 Å². The third-order valence-corrected chi connectivity index (χ3v) is 3.74. The van der Waals surface area contributed by atoms with Crippen molar-refractivity contribution in [2.45, 2.75) is 0 Å². The lowest BCUT2D eigenvalue weighted by atomic mass is 10.1. The highest BCUT2D eigenvalue weighted by Crippen LogP contribution is 2.26. The Morgan fingerprint density at radius 2 is 1.76 bits per heavy atom. The quantitative estimate of drug-likeness (QED) is 0.536. The van der Waals surface area contributed by atoms with Crippen LogP contribution in [0.1, 0.15) is 11.3 Å². The number of halogens is 2. The van der Waals surface area contributed by atoms with E-state index < -0.39 is 11.5 Å². The SMILES string of the molecule is O=c1[nH]nc(-c2cc3c(/C=C/c4ccc(F)cc4)n[nH]c3cc2F)[nH]1. The number of hydrogen-bond acceptors (Lipinski definition) is 3. The molecule has 4 rings (SSSR count). The van der Waals surface area contributed by atoms with Crippen molar-refractivity contribution in [3.05, 3.63) is 69.8 Å². The molecule has 3 N–H and O–H groups in total. The van der Waals surface area contributed by atoms with Crippen molar-refractivity contribution in [2.24, 2.45) is 0 Å². The summed E-state index contributed by atoms with van der Waals surface area (Å²) in [6.45, 7) is 0. The third-order valence-electron chi connectivity index (χ3n) is 3.74. The van der Waals surface area contributed by atoms with Crippen molar-refractivity contribution >= 4 is 23.1 Å². The van der Waals surface area contributed by atoms with E-state index >= 15 is 0 Å². The molecule has 0 aliphatic heterocycles. The molecule has 2 aromatic carbocycles. The lowest BCUT2D eigenvalue weighted by Gasteiger charge is -2.00. The van der Waals surface area contributed by atoms with Crippen LogP contribution in [0.2, 0.25) is 0 Å². The van der Waals surface area contributed by atoms with E-state index in [0.29, 0.717) is 16.6 Å². The molecule has 0 bridgehead atoms. The number of nitrogens with one attached hydrogen (secondary N) is 3. The molecule has 0 unspecified atom stereocenters. The van der Waals surface area contributed by atoms with Crippen molar-refractivity contribution in [1.29, 1.82) is 0 Å². The Bertz CT molecular complexity index is 1140. The zero-order chi connectivity index (χ0) is 17.4. The van der Waals surface area contributed by atoms with Crippen LogP contribution in [-0.4, -0.2) is 25.4 Å². The summed E-state index contributed by atoms with van der Waals surface area (Å²) in [6.07, 6.45) is 3.51. The number of hydrogen-bond donors (Lipinski definition) is 3. The highest BCUT2D eigenvalue weighted by atomic mass is 19.1. The molecule has 4 aromatic rings. The molecule has 0 atom stereocenters. The summed E-state index contributed by atoms with van der Waals surface area (Å²) in [6, 6.07) is 8.86. The lowest BCUT2D eigenvalue weighted by molar-refractivity contribution is 0.627. The monoisotopic (exact) mass is 339 g/mol. The molecule has 25 heavy (non-hydrogen) atoms. The number of nitrogens with zero attached hydrogens (tertiary/aromatic N) is 2. The van der Waals surface area contributed by atoms with Gasteiger partial charge in [-0.15, -0.1) is 0 Å². The number of H-pyrrole nitrogens is 3. The van der Waals surface area contributed by atoms with Crippen LogP contribution in [-0.2, 0) is 0 Å². The predicted octanol–water partition coefficient (Wildman–Crippen LogP) is 3.09. The van der Waals surface area contributed by atoms with Gasteiger partial charge in [-0.25, -0.2) is 18.7 Å². The fraction of sp³-hybridized carbons (Fsp3) is 0. The van der Waals surface area contributed by atoms with E-state index in [1.165, 1.54) is 18.2 Å². The molecule has 6 nitrogen and oxygen atoms in total. The number of rotatable bonds is 3. The van der Waals surface area contributed by atoms with Crippen molar-refractivity contribution in [3.63, 3.8) is 0 Å². The molecule has 2 aromatic heterocycles. The van der Waals surface area contributed by atoms with Crippen LogP contribution in [0.4, 0.5) is 8.78 Å². The smallest absolute Gasteiger partial charge is 0.289 e. The molecule has 124 valence electrons. The van der Waals surface area contributed by atoms with Crippen molar-refractivity contribution in [2.75, 3.05) is 0 Å². The van der Waals surface area contributed by atoms with E-state index in [1.54, 1.807) is 30.4 Å². The van der Waals surface area contributed by atoms with Crippen LogP contribution < -0.4 is 5.69 Å². The molecule has 2 heterocycles. The zero-order valence-electron chi connectivity index (χ0n) is 12.7. The Morgan fingerprint density at radius 3 is 2.48 bits per heavy atom. The minimum atomic E-state index is -0.534. The maximum atomic E-state index is 14.2. The molecular weight excluding hydrogens is 328 g/mol. The Balaban J connectivity index is 1.77. The summed E-state index contributed by atoms with van der Waals surface area (Å²) in [5, 5.41) is 13.5. The van der Waals surface area contributed by atoms with Crippen molar-refractivity contribution in [3.8, 4) is 11.4 Å². The highest BCUT2D eigenvalue weighted by molar-refractivity contribution is 5.92. The first kappa shape index (κ1) is 15.0. The van der Waals surface area contributed by atoms with Crippen LogP contribution in [0.3, 0.4) is 0 Å². The first-order chi connectivity index (χ1) is 12.1. The molecular formula is C17H11F2N5O. The molecule has 0 aliphatic rings. The van der Waals surface area contributed by atoms with Crippen molar-refractivity contribution in [1.82, 2.24) is 25.4 Å². The second-order valence-corrected chi connectivity index (χ2v) is 5.40. The third kappa shape index (κ3) is 2.85. The van der Waals surface area contributed by atoms with Gasteiger partial charge in [-0.05, 0) is 29.8 Å². The minimum Gasteiger partial charge on any atom is -0.289 e. The van der Waals surface area contributed by atoms with Gasteiger partial charge in [0.1, 0.15) is 11.6 Å². The Kier molecular flexibility index (Phi) is 3.50. The number of benzene rings is 2. The molecule has 0 spiro atoms. The van der Waals surface area contributed by atoms with Gasteiger partial charge in [0.15, 0.2) is 5.82 Å². The molecule has 0 saturated carbocycles. The van der Waals surface area contributed by atoms with E-state index in [0.717, 1.165) is 5.56 Å². The minimum absolute atomic E-state index is 0.110. The Hall–Kier alpha value is -3.55. The van der Waals surface area contributed by atoms with Gasteiger partial charge in [0.25, 0.3) is 0 Å². The normalized spacial score (nSPS) is 11.6. The topological polar surface area (TPSA) is 90.2 Å². The molecule has 0 saturated heterocycles. The number of fused-ring (bicyclic) bond motifs is 1. The van der Waals surface area contributed by atoms with Gasteiger partial charge in [-0.2, -0.15) is 10.2 Å². The predicted molar refractivity (Wildman–Crippen MR) is 89.6 cm³/mol. The summed E-state index contributed by atoms with van der Waals surface area (Å²) >= 11 is 0. The van der Waals surface area contributed by atoms with Gasteiger partial charge in [0, 0.05) is 11.5 Å². The number of aromatic nitrogens is 5. The Labute approximate surface area is 139 Å². The second-order valence-electron chi connectivity index (χ2n) is 5.40. The standard InChI is InChI=1S/C17H11F2N5O/c18-10-4-1-9(2-5-10)3-6-14-12-7-11(16-20-17(25)24-23-16)13(19)8-15(12)22-21-14/h1-8H,(H,21,22)(H2,20,23,24,25)/b6-3+. The second kappa shape index (κ2) is 5.82. The first-order valence-electron chi connectivity index (χ1n) is 7.36. The molecule has 0 fully saturated rings. The van der Waals surface area contributed by atoms with E-state index in [2.05, 4.69) is 25.4 Å². The average molecular weight is 339 g/mol. The molecule has 0 radical (unpaired) electrons. The first-order valence-corrected chi connectivity index (χ1v) is 7.36. The maximum absolute atomic E-state index is 14.2. The van der Waals surface area contributed by atoms with Crippen LogP contribution >= 0.6 is 0 Å². The summed E-state index contributed by atoms with van der Waals surface area (Å²) in [4.78, 5) is 13.6. The average Bonchev–Trinajstić information content (AvgIpc) is 3.19. The van der Waals surface area contributed by atoms with Gasteiger partial charge in [0.05, 0.1) is 16.8 Å². The van der Waals surface area contributed by atoms with Gasteiger partial charge >= 0.3 is 5.69 Å². The molecule has 0 amide bonds. The van der Waals surface area contributed by atoms with Gasteiger partial charge in [0.2, 0.25) is 0 Å². The molecule has 8 heteroatoms. The van der Waals surface area contributed by atoms with Crippen LogP contribution in [0.15, 0.2) is 41.2 Å². The summed E-state index contributed by atoms with van der Waals surface area (Å²) in [5.41, 5.74) is 1.54. The van der Waals surface area contributed by atoms with E-state index in [4.69, 9.17) is 0 Å². The highest BCUT2D eigenvalue weighted by Gasteiger charge is 2.13. The van der Waals surface area contributed by atoms with E-state index in [-0.39, 0.29) is 17.2 Å². The fourth-order valence-electron chi connectivity index (χ4n) is 2.51. The summed E-state index contributed by atoms with van der Waals surface area (Å²) in [7, 11) is 0. The van der Waals surface area contributed by atoms with Crippen molar-refractivity contribution < 1.29 is 8.78 Å². The van der Waals surface area contributed by atoms with Crippen LogP contribution in [0, 0.1) is 11.6 Å². The van der Waals surface area contributed by atoms with Crippen LogP contribution in [0.5, 0.6) is 0 Å². The number of aromatic amines is 3. The zero-order valence-corrected chi connectivity index (χ0v) is 12.7. The van der Waals surface area contributed by atoms with E-state index in [1.807, 2.05) is 0 Å². The Morgan fingerprint density at radius 1 is 0.960 bits per heavy atom. The van der Waals surface area contributed by atoms with Gasteiger partial charge < -0.3 is 0 Å². The fourth-order valence-corrected chi connectivity index (χ4v) is 2.51. The largest absolute Gasteiger partial charge is 0.340 e. The summed E-state index contributed by atoms with van der Waals surface area (Å²) < 4.78 is 27.2. The lowest BCUT2D eigenvalue weighted by Crippen LogP contribution is -2.00. The molecule has 0 aliphatic carbocycles.